The van der Waals surface area contributed by atoms with Crippen LogP contribution >= 0.6 is 0 Å². The minimum atomic E-state index is -0.199. The molecular weight excluding hydrogens is 328 g/mol. The van der Waals surface area contributed by atoms with Crippen molar-refractivity contribution >= 4 is 11.7 Å². The van der Waals surface area contributed by atoms with Crippen molar-refractivity contribution in [3.05, 3.63) is 71.7 Å². The Morgan fingerprint density at radius 1 is 1.15 bits per heavy atom. The molecule has 0 fully saturated rings. The minimum Gasteiger partial charge on any atom is -0.359 e. The van der Waals surface area contributed by atoms with Gasteiger partial charge in [-0.15, -0.1) is 0 Å². The van der Waals surface area contributed by atoms with E-state index in [1.807, 2.05) is 44.3 Å². The summed E-state index contributed by atoms with van der Waals surface area (Å²) in [6.45, 7) is 3.00. The second-order valence-electron chi connectivity index (χ2n) is 6.04. The molecule has 26 heavy (non-hydrogen) atoms. The molecule has 2 N–H and O–H groups in total. The van der Waals surface area contributed by atoms with Crippen molar-refractivity contribution in [1.29, 1.82) is 0 Å². The number of nitrogens with one attached hydrogen (secondary N) is 2. The van der Waals surface area contributed by atoms with Crippen LogP contribution in [0.15, 0.2) is 49.1 Å². The molecule has 0 saturated carbocycles. The van der Waals surface area contributed by atoms with Gasteiger partial charge < -0.3 is 15.2 Å². The molecule has 0 unspecified atom stereocenters. The largest absolute Gasteiger partial charge is 0.359 e. The van der Waals surface area contributed by atoms with Crippen molar-refractivity contribution in [1.82, 2.24) is 25.3 Å². The van der Waals surface area contributed by atoms with E-state index in [0.29, 0.717) is 12.2 Å². The van der Waals surface area contributed by atoms with Crippen LogP contribution in [0.5, 0.6) is 0 Å². The van der Waals surface area contributed by atoms with Gasteiger partial charge in [-0.1, -0.05) is 12.1 Å². The number of carbonyl (C=O) groups is 1. The molecule has 0 bridgehead atoms. The lowest BCUT2D eigenvalue weighted by molar-refractivity contribution is 0.0946. The summed E-state index contributed by atoms with van der Waals surface area (Å²) in [5.74, 6) is 0.650. The van der Waals surface area contributed by atoms with Crippen molar-refractivity contribution < 1.29 is 4.79 Å². The lowest BCUT2D eigenvalue weighted by Crippen LogP contribution is -2.27. The average molecular weight is 350 g/mol. The maximum absolute atomic E-state index is 12.3. The molecule has 3 aromatic rings. The molecule has 134 valence electrons. The lowest BCUT2D eigenvalue weighted by Gasteiger charge is -2.21. The molecule has 3 aromatic heterocycles. The predicted molar refractivity (Wildman–Crippen MR) is 99.9 cm³/mol. The summed E-state index contributed by atoms with van der Waals surface area (Å²) in [7, 11) is 1.99. The SMILES string of the molecule is Cc1[nH]cnc1C(=O)NCc1cccnc1N(C)CCc1ccccn1. The number of nitrogens with zero attached hydrogens (tertiary/aromatic N) is 4. The number of hydrogen-bond acceptors (Lipinski definition) is 5. The van der Waals surface area contributed by atoms with Crippen LogP contribution in [0.4, 0.5) is 5.82 Å². The van der Waals surface area contributed by atoms with Crippen LogP contribution in [-0.4, -0.2) is 39.4 Å². The first-order valence-electron chi connectivity index (χ1n) is 8.48. The number of aromatic amines is 1. The molecule has 0 aliphatic carbocycles. The quantitative estimate of drug-likeness (QED) is 0.681. The van der Waals surface area contributed by atoms with Crippen LogP contribution in [0.3, 0.4) is 0 Å². The standard InChI is InChI=1S/C19H22N6O/c1-14-17(24-13-23-14)19(26)22-12-15-6-5-10-21-18(15)25(2)11-8-16-7-3-4-9-20-16/h3-7,9-10,13H,8,11-12H2,1-2H3,(H,22,26)(H,23,24). The molecule has 7 nitrogen and oxygen atoms in total. The van der Waals surface area contributed by atoms with E-state index in [9.17, 15) is 4.79 Å². The molecule has 3 rings (SSSR count). The third kappa shape index (κ3) is 4.24. The Hall–Kier alpha value is -3.22. The first-order valence-corrected chi connectivity index (χ1v) is 8.48. The summed E-state index contributed by atoms with van der Waals surface area (Å²) in [6, 6.07) is 9.75. The smallest absolute Gasteiger partial charge is 0.272 e. The summed E-state index contributed by atoms with van der Waals surface area (Å²) in [6.07, 6.45) is 5.90. The van der Waals surface area contributed by atoms with Gasteiger partial charge in [0.1, 0.15) is 11.5 Å². The average Bonchev–Trinajstić information content (AvgIpc) is 3.11. The fourth-order valence-electron chi connectivity index (χ4n) is 2.69. The Labute approximate surface area is 152 Å². The first kappa shape index (κ1) is 17.6. The normalized spacial score (nSPS) is 10.5. The fraction of sp³-hybridized carbons (Fsp3) is 0.263. The lowest BCUT2D eigenvalue weighted by atomic mass is 10.2. The number of imidazole rings is 1. The second kappa shape index (κ2) is 8.24. The van der Waals surface area contributed by atoms with E-state index >= 15 is 0 Å². The molecular formula is C19H22N6O. The molecule has 0 radical (unpaired) electrons. The number of carbonyl (C=O) groups excluding carboxylic acids is 1. The van der Waals surface area contributed by atoms with Gasteiger partial charge in [0.2, 0.25) is 0 Å². The van der Waals surface area contributed by atoms with E-state index in [4.69, 9.17) is 0 Å². The summed E-state index contributed by atoms with van der Waals surface area (Å²) >= 11 is 0. The van der Waals surface area contributed by atoms with Crippen LogP contribution in [0, 0.1) is 6.92 Å². The van der Waals surface area contributed by atoms with Crippen LogP contribution in [0.25, 0.3) is 0 Å². The Morgan fingerprint density at radius 2 is 2.00 bits per heavy atom. The number of aryl methyl sites for hydroxylation is 1. The van der Waals surface area contributed by atoms with Crippen LogP contribution in [-0.2, 0) is 13.0 Å². The van der Waals surface area contributed by atoms with Gasteiger partial charge in [-0.3, -0.25) is 9.78 Å². The Kier molecular flexibility index (Phi) is 5.58. The molecule has 0 saturated heterocycles. The van der Waals surface area contributed by atoms with E-state index in [0.717, 1.165) is 35.7 Å². The number of hydrogen-bond donors (Lipinski definition) is 2. The van der Waals surface area contributed by atoms with E-state index in [-0.39, 0.29) is 5.91 Å². The maximum atomic E-state index is 12.3. The van der Waals surface area contributed by atoms with Gasteiger partial charge in [-0.05, 0) is 25.1 Å². The zero-order valence-corrected chi connectivity index (χ0v) is 14.9. The third-order valence-electron chi connectivity index (χ3n) is 4.14. The van der Waals surface area contributed by atoms with Crippen molar-refractivity contribution in [3.8, 4) is 0 Å². The van der Waals surface area contributed by atoms with Crippen LogP contribution in [0.1, 0.15) is 27.4 Å². The van der Waals surface area contributed by atoms with Crippen molar-refractivity contribution in [2.24, 2.45) is 0 Å². The van der Waals surface area contributed by atoms with Gasteiger partial charge in [0.25, 0.3) is 5.91 Å². The zero-order valence-electron chi connectivity index (χ0n) is 14.9. The van der Waals surface area contributed by atoms with Crippen LogP contribution < -0.4 is 10.2 Å². The van der Waals surface area contributed by atoms with Crippen LogP contribution in [0.2, 0.25) is 0 Å². The molecule has 1 amide bonds. The molecule has 0 aliphatic heterocycles. The highest BCUT2D eigenvalue weighted by Gasteiger charge is 2.14. The van der Waals surface area contributed by atoms with Gasteiger partial charge in [0.15, 0.2) is 0 Å². The van der Waals surface area contributed by atoms with E-state index in [1.54, 1.807) is 12.4 Å². The highest BCUT2D eigenvalue weighted by atomic mass is 16.1. The van der Waals surface area contributed by atoms with Crippen molar-refractivity contribution in [3.63, 3.8) is 0 Å². The van der Waals surface area contributed by atoms with E-state index in [1.165, 1.54) is 6.33 Å². The van der Waals surface area contributed by atoms with E-state index < -0.39 is 0 Å². The summed E-state index contributed by atoms with van der Waals surface area (Å²) in [5.41, 5.74) is 3.16. The predicted octanol–water partition coefficient (Wildman–Crippen LogP) is 2.12. The van der Waals surface area contributed by atoms with Gasteiger partial charge >= 0.3 is 0 Å². The molecule has 0 atom stereocenters. The molecule has 0 spiro atoms. The molecule has 3 heterocycles. The number of rotatable bonds is 7. The minimum absolute atomic E-state index is 0.199. The van der Waals surface area contributed by atoms with Crippen molar-refractivity contribution in [2.75, 3.05) is 18.5 Å². The number of H-pyrrole nitrogens is 1. The summed E-state index contributed by atoms with van der Waals surface area (Å²) in [4.78, 5) is 30.1. The number of likely N-dealkylation sites (N-methyl/N-ethyl adjacent to an activating group) is 1. The maximum Gasteiger partial charge on any atom is 0.272 e. The second-order valence-corrected chi connectivity index (χ2v) is 6.04. The zero-order chi connectivity index (χ0) is 18.4. The fourth-order valence-corrected chi connectivity index (χ4v) is 2.69. The molecule has 0 aliphatic rings. The van der Waals surface area contributed by atoms with Crippen molar-refractivity contribution in [2.45, 2.75) is 19.9 Å². The third-order valence-corrected chi connectivity index (χ3v) is 4.14. The van der Waals surface area contributed by atoms with Gasteiger partial charge in [-0.2, -0.15) is 0 Å². The highest BCUT2D eigenvalue weighted by Crippen LogP contribution is 2.16. The molecule has 0 aromatic carbocycles. The molecule has 7 heteroatoms. The Morgan fingerprint density at radius 3 is 2.73 bits per heavy atom. The summed E-state index contributed by atoms with van der Waals surface area (Å²) in [5, 5.41) is 2.91. The highest BCUT2D eigenvalue weighted by molar-refractivity contribution is 5.93. The number of amides is 1. The Balaban J connectivity index is 1.64. The number of anilines is 1. The number of pyridine rings is 2. The van der Waals surface area contributed by atoms with Gasteiger partial charge in [-0.25, -0.2) is 9.97 Å². The monoisotopic (exact) mass is 350 g/mol. The van der Waals surface area contributed by atoms with Gasteiger partial charge in [0, 0.05) is 55.9 Å². The first-order chi connectivity index (χ1) is 12.6. The Bertz CT molecular complexity index is 861. The van der Waals surface area contributed by atoms with E-state index in [2.05, 4.69) is 30.2 Å². The topological polar surface area (TPSA) is 86.8 Å². The summed E-state index contributed by atoms with van der Waals surface area (Å²) < 4.78 is 0. The van der Waals surface area contributed by atoms with Gasteiger partial charge in [0.05, 0.1) is 6.33 Å². The number of aromatic nitrogens is 4.